The molecule has 0 amide bonds. The predicted octanol–water partition coefficient (Wildman–Crippen LogP) is 13.7. The van der Waals surface area contributed by atoms with Crippen LogP contribution in [0.2, 0.25) is 0 Å². The molecule has 2 aromatic heterocycles. The van der Waals surface area contributed by atoms with Crippen molar-refractivity contribution in [1.29, 1.82) is 0 Å². The van der Waals surface area contributed by atoms with E-state index in [1.165, 1.54) is 0 Å². The van der Waals surface area contributed by atoms with Crippen molar-refractivity contribution in [3.05, 3.63) is 218 Å². The fraction of sp³-hybridized carbons (Fsp3) is 0. The lowest BCUT2D eigenvalue weighted by Crippen LogP contribution is -2.02. The smallest absolute Gasteiger partial charge is 0.164 e. The Kier molecular flexibility index (Phi) is 9.41. The minimum Gasteiger partial charge on any atom is -0.208 e. The molecule has 290 valence electrons. The molecule has 0 spiro atoms. The quantitative estimate of drug-likeness (QED) is 0.152. The average Bonchev–Trinajstić information content (AvgIpc) is 3.36. The lowest BCUT2D eigenvalue weighted by Gasteiger charge is -2.16. The van der Waals surface area contributed by atoms with Gasteiger partial charge in [0.1, 0.15) is 0 Å². The molecule has 0 saturated carbocycles. The molecule has 0 N–H and O–H groups in total. The Morgan fingerprint density at radius 3 is 1.06 bits per heavy atom. The molecular weight excluding hydrogens is 757 g/mol. The van der Waals surface area contributed by atoms with Gasteiger partial charge in [0.2, 0.25) is 0 Å². The maximum atomic E-state index is 5.34. The minimum absolute atomic E-state index is 0.590. The van der Waals surface area contributed by atoms with Crippen molar-refractivity contribution < 1.29 is 0 Å². The Hall–Kier alpha value is -8.48. The van der Waals surface area contributed by atoms with E-state index in [1.807, 2.05) is 97.1 Å². The molecule has 6 nitrogen and oxygen atoms in total. The van der Waals surface area contributed by atoms with E-state index in [0.717, 1.165) is 77.2 Å². The summed E-state index contributed by atoms with van der Waals surface area (Å²) in [7, 11) is 0. The molecule has 0 saturated heterocycles. The monoisotopic (exact) mass is 792 g/mol. The largest absolute Gasteiger partial charge is 0.208 e. The van der Waals surface area contributed by atoms with E-state index in [4.69, 9.17) is 29.9 Å². The van der Waals surface area contributed by atoms with Crippen LogP contribution in [0.25, 0.3) is 112 Å². The molecule has 0 fully saturated rings. The van der Waals surface area contributed by atoms with Crippen LogP contribution in [0.1, 0.15) is 0 Å². The van der Waals surface area contributed by atoms with E-state index in [0.29, 0.717) is 34.9 Å². The summed E-state index contributed by atoms with van der Waals surface area (Å²) >= 11 is 0. The molecule has 0 radical (unpaired) electrons. The van der Waals surface area contributed by atoms with Gasteiger partial charge in [0.25, 0.3) is 0 Å². The molecule has 0 atom stereocenters. The van der Waals surface area contributed by atoms with Gasteiger partial charge < -0.3 is 0 Å². The zero-order chi connectivity index (χ0) is 41.2. The summed E-state index contributed by atoms with van der Waals surface area (Å²) < 4.78 is 0. The standard InChI is InChI=1S/C56H36N6/c1-5-17-37(18-6-1)44-35-36-48(47-28-16-15-27-46(44)47)55-60-53(42-24-11-4-12-25-42)61-56(62-55)49-34-33-38-19-13-14-26-45(38)50(49)39-29-31-43(32-30-39)54-58-51(40-20-7-2-8-21-40)57-52(59-54)41-22-9-3-10-23-41/h1-36H. The molecule has 11 aromatic rings. The number of hydrogen-bond donors (Lipinski definition) is 0. The Morgan fingerprint density at radius 1 is 0.194 bits per heavy atom. The predicted molar refractivity (Wildman–Crippen MR) is 252 cm³/mol. The van der Waals surface area contributed by atoms with Gasteiger partial charge in [-0.25, -0.2) is 29.9 Å². The van der Waals surface area contributed by atoms with Crippen LogP contribution in [0.15, 0.2) is 218 Å². The first-order valence-corrected chi connectivity index (χ1v) is 20.6. The molecule has 0 aliphatic heterocycles. The van der Waals surface area contributed by atoms with Crippen molar-refractivity contribution >= 4 is 21.5 Å². The molecule has 0 aliphatic rings. The van der Waals surface area contributed by atoms with E-state index >= 15 is 0 Å². The highest BCUT2D eigenvalue weighted by Crippen LogP contribution is 2.40. The SMILES string of the molecule is c1ccc(-c2nc(-c3ccccc3)nc(-c3ccc(-c4c(-c5nc(-c6ccccc6)nc(-c6ccc(-c7ccccc7)c7ccccc67)n5)ccc5ccccc45)cc3)n2)cc1. The van der Waals surface area contributed by atoms with Crippen molar-refractivity contribution in [1.82, 2.24) is 29.9 Å². The molecule has 11 rings (SSSR count). The first-order chi connectivity index (χ1) is 30.7. The third-order valence-corrected chi connectivity index (χ3v) is 11.2. The summed E-state index contributed by atoms with van der Waals surface area (Å²) in [4.78, 5) is 30.6. The first-order valence-electron chi connectivity index (χ1n) is 20.6. The summed E-state index contributed by atoms with van der Waals surface area (Å²) in [5.41, 5.74) is 9.86. The Balaban J connectivity index is 1.08. The lowest BCUT2D eigenvalue weighted by molar-refractivity contribution is 1.07. The van der Waals surface area contributed by atoms with Crippen molar-refractivity contribution in [3.8, 4) is 90.6 Å². The van der Waals surface area contributed by atoms with Gasteiger partial charge in [-0.1, -0.05) is 206 Å². The second kappa shape index (κ2) is 15.9. The lowest BCUT2D eigenvalue weighted by atomic mass is 9.92. The maximum Gasteiger partial charge on any atom is 0.164 e. The van der Waals surface area contributed by atoms with Gasteiger partial charge in [0.15, 0.2) is 34.9 Å². The van der Waals surface area contributed by atoms with Gasteiger partial charge in [-0.15, -0.1) is 0 Å². The average molecular weight is 793 g/mol. The van der Waals surface area contributed by atoms with Gasteiger partial charge in [-0.3, -0.25) is 0 Å². The molecule has 9 aromatic carbocycles. The number of nitrogens with zero attached hydrogens (tertiary/aromatic N) is 6. The highest BCUT2D eigenvalue weighted by Gasteiger charge is 2.20. The zero-order valence-corrected chi connectivity index (χ0v) is 33.5. The molecular formula is C56H36N6. The van der Waals surface area contributed by atoms with Crippen LogP contribution in [-0.4, -0.2) is 29.9 Å². The van der Waals surface area contributed by atoms with Crippen LogP contribution in [0.5, 0.6) is 0 Å². The van der Waals surface area contributed by atoms with Crippen LogP contribution in [0, 0.1) is 0 Å². The fourth-order valence-electron chi connectivity index (χ4n) is 8.19. The molecule has 0 bridgehead atoms. The number of hydrogen-bond acceptors (Lipinski definition) is 6. The van der Waals surface area contributed by atoms with Crippen LogP contribution in [0.4, 0.5) is 0 Å². The Bertz CT molecular complexity index is 3320. The Morgan fingerprint density at radius 2 is 0.532 bits per heavy atom. The van der Waals surface area contributed by atoms with Gasteiger partial charge in [-0.2, -0.15) is 0 Å². The highest BCUT2D eigenvalue weighted by molar-refractivity contribution is 6.05. The van der Waals surface area contributed by atoms with Crippen LogP contribution >= 0.6 is 0 Å². The Labute approximate surface area is 359 Å². The van der Waals surface area contributed by atoms with Gasteiger partial charge in [0.05, 0.1) is 0 Å². The van der Waals surface area contributed by atoms with E-state index in [1.54, 1.807) is 0 Å². The maximum absolute atomic E-state index is 5.34. The van der Waals surface area contributed by atoms with E-state index in [9.17, 15) is 0 Å². The van der Waals surface area contributed by atoms with Crippen LogP contribution in [-0.2, 0) is 0 Å². The fourth-order valence-corrected chi connectivity index (χ4v) is 8.19. The molecule has 0 unspecified atom stereocenters. The van der Waals surface area contributed by atoms with E-state index in [-0.39, 0.29) is 0 Å². The summed E-state index contributed by atoms with van der Waals surface area (Å²) in [5.74, 6) is 3.65. The number of benzene rings is 9. The summed E-state index contributed by atoms with van der Waals surface area (Å²) in [6.45, 7) is 0. The van der Waals surface area contributed by atoms with Crippen molar-refractivity contribution in [2.45, 2.75) is 0 Å². The minimum atomic E-state index is 0.590. The third kappa shape index (κ3) is 6.95. The topological polar surface area (TPSA) is 77.3 Å². The van der Waals surface area contributed by atoms with E-state index in [2.05, 4.69) is 121 Å². The molecule has 6 heteroatoms. The number of rotatable bonds is 8. The van der Waals surface area contributed by atoms with Crippen LogP contribution in [0.3, 0.4) is 0 Å². The second-order valence-electron chi connectivity index (χ2n) is 15.1. The molecule has 62 heavy (non-hydrogen) atoms. The zero-order valence-electron chi connectivity index (χ0n) is 33.5. The van der Waals surface area contributed by atoms with Gasteiger partial charge in [-0.05, 0) is 50.4 Å². The van der Waals surface area contributed by atoms with Crippen molar-refractivity contribution in [3.63, 3.8) is 0 Å². The third-order valence-electron chi connectivity index (χ3n) is 11.2. The van der Waals surface area contributed by atoms with Crippen LogP contribution < -0.4 is 0 Å². The summed E-state index contributed by atoms with van der Waals surface area (Å²) in [5, 5.41) is 4.42. The first kappa shape index (κ1) is 36.6. The van der Waals surface area contributed by atoms with Crippen molar-refractivity contribution in [2.75, 3.05) is 0 Å². The van der Waals surface area contributed by atoms with Gasteiger partial charge >= 0.3 is 0 Å². The molecule has 2 heterocycles. The van der Waals surface area contributed by atoms with Gasteiger partial charge in [0, 0.05) is 38.9 Å². The van der Waals surface area contributed by atoms with Crippen molar-refractivity contribution in [2.24, 2.45) is 0 Å². The normalized spacial score (nSPS) is 11.2. The molecule has 0 aliphatic carbocycles. The van der Waals surface area contributed by atoms with E-state index < -0.39 is 0 Å². The highest BCUT2D eigenvalue weighted by atomic mass is 15.0. The number of fused-ring (bicyclic) bond motifs is 2. The number of aromatic nitrogens is 6. The second-order valence-corrected chi connectivity index (χ2v) is 15.1. The summed E-state index contributed by atoms with van der Waals surface area (Å²) in [6, 6.07) is 74.8. The summed E-state index contributed by atoms with van der Waals surface area (Å²) in [6.07, 6.45) is 0.